The van der Waals surface area contributed by atoms with Gasteiger partial charge in [0.1, 0.15) is 6.10 Å². The Morgan fingerprint density at radius 1 is 1.16 bits per heavy atom. The van der Waals surface area contributed by atoms with E-state index in [-0.39, 0.29) is 42.8 Å². The largest absolute Gasteiger partial charge is 0.457 e. The molecule has 0 aromatic heterocycles. The Labute approximate surface area is 222 Å². The molecule has 10 nitrogen and oxygen atoms in total. The van der Waals surface area contributed by atoms with Crippen LogP contribution in [0.15, 0.2) is 23.8 Å². The number of ether oxygens (including phenoxy) is 2. The van der Waals surface area contributed by atoms with E-state index in [0.29, 0.717) is 19.3 Å². The zero-order valence-corrected chi connectivity index (χ0v) is 22.7. The summed E-state index contributed by atoms with van der Waals surface area (Å²) in [7, 11) is 0. The van der Waals surface area contributed by atoms with Crippen LogP contribution in [-0.4, -0.2) is 46.9 Å². The number of rotatable bonds is 8. The van der Waals surface area contributed by atoms with Crippen LogP contribution < -0.4 is 0 Å². The number of fused-ring (bicyclic) bond motifs is 5. The molecule has 8 atom stereocenters. The number of allylic oxidation sites excluding steroid dienone is 4. The minimum absolute atomic E-state index is 0.0448. The molecule has 0 bridgehead atoms. The number of ketones is 2. The van der Waals surface area contributed by atoms with Crippen molar-refractivity contribution < 1.29 is 38.6 Å². The number of hydrogen-bond acceptors (Lipinski definition) is 9. The van der Waals surface area contributed by atoms with Gasteiger partial charge in [0, 0.05) is 35.5 Å². The van der Waals surface area contributed by atoms with Gasteiger partial charge in [0.05, 0.1) is 0 Å². The van der Waals surface area contributed by atoms with Crippen LogP contribution in [0.4, 0.5) is 0 Å². The Bertz CT molecular complexity index is 1110. The predicted octanol–water partition coefficient (Wildman–Crippen LogP) is 3.94. The minimum Gasteiger partial charge on any atom is -0.457 e. The SMILES string of the molecule is CCC(=O)OCC(=O)[C@@]1(OC(=O)CC)[C@@H](C)C[C@H]2C3CCC4=CC(=O)C=C[C@]4(C)C3[C@@H](O[N+](=O)[O-])C[C@@]21C. The molecule has 0 N–H and O–H groups in total. The summed E-state index contributed by atoms with van der Waals surface area (Å²) in [4.78, 5) is 67.9. The van der Waals surface area contributed by atoms with Crippen LogP contribution in [0, 0.1) is 44.6 Å². The lowest BCUT2D eigenvalue weighted by molar-refractivity contribution is -0.773. The monoisotopic (exact) mass is 531 g/mol. The lowest BCUT2D eigenvalue weighted by Gasteiger charge is -2.60. The van der Waals surface area contributed by atoms with Crippen LogP contribution >= 0.6 is 0 Å². The molecule has 208 valence electrons. The second-order valence-electron chi connectivity index (χ2n) is 11.6. The molecule has 0 amide bonds. The van der Waals surface area contributed by atoms with Gasteiger partial charge in [-0.2, -0.15) is 0 Å². The molecular formula is C28H37NO9. The Kier molecular flexibility index (Phi) is 7.31. The van der Waals surface area contributed by atoms with Crippen molar-refractivity contribution in [2.75, 3.05) is 6.61 Å². The first-order chi connectivity index (χ1) is 17.8. The molecule has 38 heavy (non-hydrogen) atoms. The number of esters is 2. The van der Waals surface area contributed by atoms with E-state index in [1.54, 1.807) is 19.9 Å². The molecule has 3 saturated carbocycles. The average Bonchev–Trinajstić information content (AvgIpc) is 3.08. The van der Waals surface area contributed by atoms with Gasteiger partial charge in [-0.1, -0.05) is 46.3 Å². The van der Waals surface area contributed by atoms with E-state index in [0.717, 1.165) is 5.57 Å². The summed E-state index contributed by atoms with van der Waals surface area (Å²) in [5.74, 6) is -2.64. The van der Waals surface area contributed by atoms with Crippen molar-refractivity contribution in [2.24, 2.45) is 34.5 Å². The van der Waals surface area contributed by atoms with E-state index in [1.807, 2.05) is 26.8 Å². The van der Waals surface area contributed by atoms with Crippen LogP contribution in [0.2, 0.25) is 0 Å². The highest BCUT2D eigenvalue weighted by Crippen LogP contribution is 2.69. The first-order valence-corrected chi connectivity index (χ1v) is 13.5. The fraction of sp³-hybridized carbons (Fsp3) is 0.714. The molecular weight excluding hydrogens is 494 g/mol. The molecule has 0 heterocycles. The van der Waals surface area contributed by atoms with Crippen molar-refractivity contribution in [1.82, 2.24) is 0 Å². The lowest BCUT2D eigenvalue weighted by atomic mass is 9.46. The highest BCUT2D eigenvalue weighted by atomic mass is 17.0. The third-order valence-corrected chi connectivity index (χ3v) is 9.87. The summed E-state index contributed by atoms with van der Waals surface area (Å²) < 4.78 is 11.3. The first kappa shape index (κ1) is 28.0. The Morgan fingerprint density at radius 2 is 1.84 bits per heavy atom. The van der Waals surface area contributed by atoms with Crippen LogP contribution in [0.25, 0.3) is 0 Å². The Hall–Kier alpha value is -3.04. The third-order valence-electron chi connectivity index (χ3n) is 9.87. The molecule has 0 spiro atoms. The van der Waals surface area contributed by atoms with Gasteiger partial charge in [-0.15, -0.1) is 10.1 Å². The fourth-order valence-electron chi connectivity index (χ4n) is 8.29. The number of hydrogen-bond donors (Lipinski definition) is 0. The minimum atomic E-state index is -1.63. The summed E-state index contributed by atoms with van der Waals surface area (Å²) in [5, 5.41) is 10.9. The highest BCUT2D eigenvalue weighted by Gasteiger charge is 2.73. The normalized spacial score (nSPS) is 39.2. The fourth-order valence-corrected chi connectivity index (χ4v) is 8.29. The zero-order chi connectivity index (χ0) is 28.0. The molecule has 4 aliphatic rings. The van der Waals surface area contributed by atoms with E-state index in [9.17, 15) is 29.3 Å². The molecule has 4 rings (SSSR count). The van der Waals surface area contributed by atoms with Crippen molar-refractivity contribution >= 4 is 23.5 Å². The summed E-state index contributed by atoms with van der Waals surface area (Å²) >= 11 is 0. The summed E-state index contributed by atoms with van der Waals surface area (Å²) in [5.41, 5.74) is -2.31. The molecule has 4 aliphatic carbocycles. The van der Waals surface area contributed by atoms with Crippen LogP contribution in [0.3, 0.4) is 0 Å². The second-order valence-corrected chi connectivity index (χ2v) is 11.6. The smallest absolute Gasteiger partial charge is 0.306 e. The Morgan fingerprint density at radius 3 is 2.47 bits per heavy atom. The number of carbonyl (C=O) groups excluding carboxylic acids is 4. The summed E-state index contributed by atoms with van der Waals surface area (Å²) in [6.45, 7) is 8.44. The van der Waals surface area contributed by atoms with E-state index in [4.69, 9.17) is 14.3 Å². The lowest BCUT2D eigenvalue weighted by Crippen LogP contribution is -2.64. The van der Waals surface area contributed by atoms with Crippen LogP contribution in [0.5, 0.6) is 0 Å². The average molecular weight is 532 g/mol. The Balaban J connectivity index is 1.83. The van der Waals surface area contributed by atoms with Crippen LogP contribution in [-0.2, 0) is 33.5 Å². The van der Waals surface area contributed by atoms with E-state index < -0.39 is 57.9 Å². The molecule has 10 heteroatoms. The van der Waals surface area contributed by atoms with Crippen molar-refractivity contribution in [2.45, 2.75) is 84.8 Å². The second kappa shape index (κ2) is 9.93. The molecule has 3 fully saturated rings. The molecule has 2 unspecified atom stereocenters. The number of Topliss-reactive ketones (excluding diaryl/α,β-unsaturated/α-hetero) is 1. The third kappa shape index (κ3) is 4.16. The van der Waals surface area contributed by atoms with Crippen molar-refractivity contribution in [3.63, 3.8) is 0 Å². The summed E-state index contributed by atoms with van der Waals surface area (Å²) in [6.07, 6.45) is 6.18. The molecule has 0 saturated heterocycles. The molecule has 0 aliphatic heterocycles. The standard InChI is InChI=1S/C28H37NO9/c1-6-23(32)36-15-22(31)28(37-24(33)7-2)16(3)12-20-19-9-8-17-13-18(30)10-11-26(17,4)25(19)21(38-29(34)35)14-27(20,28)5/h10-11,13,16,19-21,25H,6-9,12,14-15H2,1-5H3/t16-,19?,20-,21-,25?,26-,27-,28-/m0/s1. The quantitative estimate of drug-likeness (QED) is 0.259. The van der Waals surface area contributed by atoms with E-state index >= 15 is 0 Å². The maximum Gasteiger partial charge on any atom is 0.306 e. The number of nitrogens with zero attached hydrogens (tertiary/aromatic N) is 1. The molecule has 0 radical (unpaired) electrons. The van der Waals surface area contributed by atoms with Crippen molar-refractivity contribution in [1.29, 1.82) is 0 Å². The van der Waals surface area contributed by atoms with E-state index in [2.05, 4.69) is 0 Å². The molecule has 0 aromatic rings. The van der Waals surface area contributed by atoms with Crippen molar-refractivity contribution in [3.05, 3.63) is 33.9 Å². The highest BCUT2D eigenvalue weighted by molar-refractivity contribution is 6.01. The van der Waals surface area contributed by atoms with Gasteiger partial charge in [0.2, 0.25) is 5.78 Å². The van der Waals surface area contributed by atoms with Gasteiger partial charge < -0.3 is 14.3 Å². The van der Waals surface area contributed by atoms with Gasteiger partial charge in [0.15, 0.2) is 18.0 Å². The maximum absolute atomic E-state index is 13.9. The predicted molar refractivity (Wildman–Crippen MR) is 134 cm³/mol. The van der Waals surface area contributed by atoms with Gasteiger partial charge in [-0.05, 0) is 49.7 Å². The zero-order valence-electron chi connectivity index (χ0n) is 22.7. The van der Waals surface area contributed by atoms with Gasteiger partial charge in [-0.3, -0.25) is 19.2 Å². The summed E-state index contributed by atoms with van der Waals surface area (Å²) in [6, 6.07) is 0. The topological polar surface area (TPSA) is 139 Å². The van der Waals surface area contributed by atoms with Gasteiger partial charge in [-0.25, -0.2) is 0 Å². The van der Waals surface area contributed by atoms with Crippen molar-refractivity contribution in [3.8, 4) is 0 Å². The molecule has 0 aromatic carbocycles. The van der Waals surface area contributed by atoms with Crippen LogP contribution in [0.1, 0.15) is 73.1 Å². The number of carbonyl (C=O) groups is 4. The van der Waals surface area contributed by atoms with Gasteiger partial charge >= 0.3 is 11.9 Å². The first-order valence-electron chi connectivity index (χ1n) is 13.5. The van der Waals surface area contributed by atoms with E-state index in [1.165, 1.54) is 6.08 Å². The maximum atomic E-state index is 13.9. The van der Waals surface area contributed by atoms with Gasteiger partial charge in [0.25, 0.3) is 5.09 Å².